The number of rotatable bonds is 2. The predicted molar refractivity (Wildman–Crippen MR) is 76.6 cm³/mol. The number of nitrogens with zero attached hydrogens (tertiary/aromatic N) is 1. The molecule has 2 rings (SSSR count). The molecule has 2 N–H and O–H groups in total. The van der Waals surface area contributed by atoms with Crippen LogP contribution >= 0.6 is 0 Å². The maximum atomic E-state index is 12.8. The highest BCUT2D eigenvalue weighted by molar-refractivity contribution is 5.90. The van der Waals surface area contributed by atoms with Crippen LogP contribution in [-0.2, 0) is 10.9 Å². The normalized spacial score (nSPS) is 21.5. The number of alkyl halides is 3. The molecule has 2 unspecified atom stereocenters. The number of nitrogens with two attached hydrogens (primary N) is 1. The fourth-order valence-corrected chi connectivity index (χ4v) is 2.62. The Kier molecular flexibility index (Phi) is 4.65. The first-order valence-corrected chi connectivity index (χ1v) is 7.18. The summed E-state index contributed by atoms with van der Waals surface area (Å²) in [6.07, 6.45) is -3.93. The minimum absolute atomic E-state index is 0.233. The van der Waals surface area contributed by atoms with Crippen molar-refractivity contribution in [2.45, 2.75) is 44.9 Å². The van der Waals surface area contributed by atoms with Gasteiger partial charge in [-0.25, -0.2) is 4.79 Å². The molecule has 1 aliphatic heterocycles. The Hall–Kier alpha value is -1.76. The van der Waals surface area contributed by atoms with E-state index in [1.165, 1.54) is 11.0 Å². The van der Waals surface area contributed by atoms with E-state index >= 15 is 0 Å². The molecule has 22 heavy (non-hydrogen) atoms. The minimum Gasteiger partial charge on any atom is -0.449 e. The fraction of sp³-hybridized carbons (Fsp3) is 0.533. The van der Waals surface area contributed by atoms with Crippen molar-refractivity contribution in [3.05, 3.63) is 29.3 Å². The predicted octanol–water partition coefficient (Wildman–Crippen LogP) is 3.85. The molecule has 7 heteroatoms. The van der Waals surface area contributed by atoms with Crippen LogP contribution in [0.15, 0.2) is 18.2 Å². The van der Waals surface area contributed by atoms with Crippen LogP contribution in [0.2, 0.25) is 0 Å². The van der Waals surface area contributed by atoms with Crippen molar-refractivity contribution in [1.82, 2.24) is 0 Å². The van der Waals surface area contributed by atoms with Gasteiger partial charge in [0, 0.05) is 12.1 Å². The molecule has 0 aromatic heterocycles. The van der Waals surface area contributed by atoms with E-state index in [1.54, 1.807) is 6.92 Å². The smallest absolute Gasteiger partial charge is 0.416 e. The molecule has 0 bridgehead atoms. The van der Waals surface area contributed by atoms with Crippen LogP contribution < -0.4 is 10.6 Å². The second kappa shape index (κ2) is 6.16. The van der Waals surface area contributed by atoms with E-state index in [9.17, 15) is 18.0 Å². The van der Waals surface area contributed by atoms with Crippen LogP contribution in [0, 0.1) is 0 Å². The molecule has 4 nitrogen and oxygen atoms in total. The number of amides is 1. The summed E-state index contributed by atoms with van der Waals surface area (Å²) in [6, 6.07) is 2.50. The van der Waals surface area contributed by atoms with E-state index in [0.29, 0.717) is 24.1 Å². The van der Waals surface area contributed by atoms with Crippen LogP contribution in [0.25, 0.3) is 0 Å². The molecule has 122 valence electrons. The van der Waals surface area contributed by atoms with E-state index in [0.717, 1.165) is 12.1 Å². The lowest BCUT2D eigenvalue weighted by atomic mass is 9.91. The summed E-state index contributed by atoms with van der Waals surface area (Å²) >= 11 is 0. The number of ether oxygens (including phenoxy) is 1. The van der Waals surface area contributed by atoms with Crippen molar-refractivity contribution >= 4 is 11.8 Å². The first kappa shape index (κ1) is 16.6. The van der Waals surface area contributed by atoms with E-state index in [4.69, 9.17) is 10.5 Å². The summed E-state index contributed by atoms with van der Waals surface area (Å²) in [5, 5.41) is 0. The highest BCUT2D eigenvalue weighted by atomic mass is 19.4. The van der Waals surface area contributed by atoms with E-state index in [1.807, 2.05) is 6.92 Å². The second-order valence-corrected chi connectivity index (χ2v) is 5.45. The quantitative estimate of drug-likeness (QED) is 0.901. The molecule has 1 heterocycles. The van der Waals surface area contributed by atoms with Gasteiger partial charge in [-0.2, -0.15) is 13.2 Å². The number of fused-ring (bicyclic) bond motifs is 1. The summed E-state index contributed by atoms with van der Waals surface area (Å²) in [5.41, 5.74) is 5.91. The van der Waals surface area contributed by atoms with Gasteiger partial charge in [0.2, 0.25) is 0 Å². The molecular weight excluding hydrogens is 297 g/mol. The van der Waals surface area contributed by atoms with Crippen molar-refractivity contribution in [3.63, 3.8) is 0 Å². The molecule has 1 aliphatic rings. The molecule has 0 radical (unpaired) electrons. The van der Waals surface area contributed by atoms with Crippen molar-refractivity contribution in [1.29, 1.82) is 0 Å². The summed E-state index contributed by atoms with van der Waals surface area (Å²) in [5.74, 6) is 0. The largest absolute Gasteiger partial charge is 0.449 e. The summed E-state index contributed by atoms with van der Waals surface area (Å²) in [7, 11) is 0. The number of anilines is 1. The molecular formula is C15H19F3N2O2. The summed E-state index contributed by atoms with van der Waals surface area (Å²) in [4.78, 5) is 13.5. The summed E-state index contributed by atoms with van der Waals surface area (Å²) < 4.78 is 43.6. The lowest BCUT2D eigenvalue weighted by Crippen LogP contribution is -2.45. The zero-order valence-corrected chi connectivity index (χ0v) is 12.5. The second-order valence-electron chi connectivity index (χ2n) is 5.45. The minimum atomic E-state index is -4.44. The van der Waals surface area contributed by atoms with E-state index in [2.05, 4.69) is 0 Å². The Morgan fingerprint density at radius 2 is 2.14 bits per heavy atom. The third kappa shape index (κ3) is 3.19. The van der Waals surface area contributed by atoms with Gasteiger partial charge in [-0.15, -0.1) is 0 Å². The number of hydrogen-bond donors (Lipinski definition) is 1. The number of carbonyl (C=O) groups is 1. The van der Waals surface area contributed by atoms with Crippen LogP contribution in [0.1, 0.15) is 43.9 Å². The van der Waals surface area contributed by atoms with Gasteiger partial charge < -0.3 is 10.5 Å². The van der Waals surface area contributed by atoms with Crippen LogP contribution in [0.3, 0.4) is 0 Å². The van der Waals surface area contributed by atoms with E-state index < -0.39 is 23.9 Å². The molecule has 0 aliphatic carbocycles. The van der Waals surface area contributed by atoms with Crippen LogP contribution in [-0.4, -0.2) is 18.7 Å². The van der Waals surface area contributed by atoms with Gasteiger partial charge in [0.15, 0.2) is 0 Å². The van der Waals surface area contributed by atoms with Crippen molar-refractivity contribution in [2.75, 3.05) is 11.5 Å². The topological polar surface area (TPSA) is 55.6 Å². The first-order valence-electron chi connectivity index (χ1n) is 7.18. The first-order chi connectivity index (χ1) is 10.3. The molecule has 0 fully saturated rings. The molecule has 2 atom stereocenters. The Balaban J connectivity index is 2.41. The Bertz CT molecular complexity index is 560. The Morgan fingerprint density at radius 1 is 1.45 bits per heavy atom. The number of carbonyl (C=O) groups excluding carboxylic acids is 1. The van der Waals surface area contributed by atoms with Crippen LogP contribution in [0.5, 0.6) is 0 Å². The van der Waals surface area contributed by atoms with Gasteiger partial charge in [0.1, 0.15) is 0 Å². The summed E-state index contributed by atoms with van der Waals surface area (Å²) in [6.45, 7) is 3.93. The molecule has 0 saturated heterocycles. The average molecular weight is 316 g/mol. The van der Waals surface area contributed by atoms with Crippen molar-refractivity contribution in [2.24, 2.45) is 5.73 Å². The molecule has 0 spiro atoms. The van der Waals surface area contributed by atoms with E-state index in [-0.39, 0.29) is 12.6 Å². The number of halogens is 3. The van der Waals surface area contributed by atoms with Gasteiger partial charge in [0.05, 0.1) is 17.9 Å². The zero-order chi connectivity index (χ0) is 16.5. The van der Waals surface area contributed by atoms with Gasteiger partial charge in [-0.05, 0) is 43.5 Å². The SMILES string of the molecule is CCCOC(=O)N1c2ccc(C(F)(F)F)cc2C(N)CC1C. The van der Waals surface area contributed by atoms with Crippen molar-refractivity contribution < 1.29 is 22.7 Å². The zero-order valence-electron chi connectivity index (χ0n) is 12.5. The monoisotopic (exact) mass is 316 g/mol. The van der Waals surface area contributed by atoms with Gasteiger partial charge in [-0.3, -0.25) is 4.90 Å². The number of hydrogen-bond acceptors (Lipinski definition) is 3. The van der Waals surface area contributed by atoms with Crippen LogP contribution in [0.4, 0.5) is 23.7 Å². The highest BCUT2D eigenvalue weighted by Crippen LogP contribution is 2.40. The highest BCUT2D eigenvalue weighted by Gasteiger charge is 2.37. The lowest BCUT2D eigenvalue weighted by molar-refractivity contribution is -0.137. The van der Waals surface area contributed by atoms with Gasteiger partial charge in [-0.1, -0.05) is 6.92 Å². The standard InChI is InChI=1S/C15H19F3N2O2/c1-3-6-22-14(21)20-9(2)7-12(19)11-8-10(15(16,17)18)4-5-13(11)20/h4-5,8-9,12H,3,6-7,19H2,1-2H3. The molecule has 1 aromatic rings. The molecule has 1 amide bonds. The number of benzene rings is 1. The van der Waals surface area contributed by atoms with Gasteiger partial charge >= 0.3 is 12.3 Å². The van der Waals surface area contributed by atoms with Gasteiger partial charge in [0.25, 0.3) is 0 Å². The Morgan fingerprint density at radius 3 is 2.73 bits per heavy atom. The molecule has 1 aromatic carbocycles. The third-order valence-electron chi connectivity index (χ3n) is 3.68. The lowest BCUT2D eigenvalue weighted by Gasteiger charge is -2.37. The maximum Gasteiger partial charge on any atom is 0.416 e. The Labute approximate surface area is 127 Å². The van der Waals surface area contributed by atoms with Crippen molar-refractivity contribution in [3.8, 4) is 0 Å². The average Bonchev–Trinajstić information content (AvgIpc) is 2.43. The fourth-order valence-electron chi connectivity index (χ4n) is 2.62. The third-order valence-corrected chi connectivity index (χ3v) is 3.68. The maximum absolute atomic E-state index is 12.8. The molecule has 0 saturated carbocycles.